The minimum absolute atomic E-state index is 0.899. The second-order valence-electron chi connectivity index (χ2n) is 2.19. The molecular formula is C7H12N2S. The van der Waals surface area contributed by atoms with Gasteiger partial charge in [-0.2, -0.15) is 11.3 Å². The van der Waals surface area contributed by atoms with Crippen molar-refractivity contribution in [1.29, 1.82) is 0 Å². The van der Waals surface area contributed by atoms with Gasteiger partial charge in [-0.05, 0) is 35.2 Å². The molecule has 0 saturated heterocycles. The number of hydrogen-bond donors (Lipinski definition) is 2. The van der Waals surface area contributed by atoms with E-state index in [0.717, 1.165) is 19.4 Å². The first kappa shape index (κ1) is 7.72. The maximum Gasteiger partial charge on any atom is 0.0101 e. The van der Waals surface area contributed by atoms with Crippen molar-refractivity contribution in [3.8, 4) is 0 Å². The average Bonchev–Trinajstić information content (AvgIpc) is 2.41. The Labute approximate surface area is 65.0 Å². The molecule has 1 rings (SSSR count). The van der Waals surface area contributed by atoms with E-state index in [9.17, 15) is 0 Å². The van der Waals surface area contributed by atoms with E-state index < -0.39 is 0 Å². The molecule has 1 aromatic heterocycles. The molecule has 2 nitrogen and oxygen atoms in total. The largest absolute Gasteiger partial charge is 0.271 e. The van der Waals surface area contributed by atoms with Gasteiger partial charge in [-0.1, -0.05) is 0 Å². The minimum Gasteiger partial charge on any atom is -0.271 e. The Bertz CT molecular complexity index is 160. The summed E-state index contributed by atoms with van der Waals surface area (Å²) in [6, 6.07) is 2.15. The maximum atomic E-state index is 5.12. The number of nitrogens with two attached hydrogens (primary N) is 1. The van der Waals surface area contributed by atoms with Crippen molar-refractivity contribution in [2.75, 3.05) is 6.54 Å². The Morgan fingerprint density at radius 3 is 3.10 bits per heavy atom. The molecule has 0 unspecified atom stereocenters. The lowest BCUT2D eigenvalue weighted by Crippen LogP contribution is -2.23. The van der Waals surface area contributed by atoms with Crippen LogP contribution in [0.2, 0.25) is 0 Å². The molecule has 0 aliphatic heterocycles. The number of aryl methyl sites for hydroxylation is 1. The lowest BCUT2D eigenvalue weighted by atomic mass is 10.2. The topological polar surface area (TPSA) is 38.0 Å². The zero-order valence-electron chi connectivity index (χ0n) is 5.84. The highest BCUT2D eigenvalue weighted by Gasteiger charge is 1.90. The number of hydrogen-bond acceptors (Lipinski definition) is 3. The van der Waals surface area contributed by atoms with E-state index >= 15 is 0 Å². The quantitative estimate of drug-likeness (QED) is 0.390. The third kappa shape index (κ3) is 2.47. The lowest BCUT2D eigenvalue weighted by Gasteiger charge is -1.95. The summed E-state index contributed by atoms with van der Waals surface area (Å²) >= 11 is 1.75. The molecule has 0 fully saturated rings. The van der Waals surface area contributed by atoms with Gasteiger partial charge in [0.05, 0.1) is 0 Å². The van der Waals surface area contributed by atoms with E-state index in [4.69, 9.17) is 5.84 Å². The van der Waals surface area contributed by atoms with Crippen molar-refractivity contribution >= 4 is 11.3 Å². The Kier molecular flexibility index (Phi) is 3.43. The summed E-state index contributed by atoms with van der Waals surface area (Å²) < 4.78 is 0. The van der Waals surface area contributed by atoms with Crippen molar-refractivity contribution in [3.63, 3.8) is 0 Å². The normalized spacial score (nSPS) is 10.1. The van der Waals surface area contributed by atoms with Gasteiger partial charge < -0.3 is 0 Å². The monoisotopic (exact) mass is 156 g/mol. The van der Waals surface area contributed by atoms with Crippen LogP contribution in [0.5, 0.6) is 0 Å². The van der Waals surface area contributed by atoms with Crippen LogP contribution in [0.1, 0.15) is 12.0 Å². The molecule has 0 atom stereocenters. The average molecular weight is 156 g/mol. The molecule has 0 amide bonds. The molecule has 3 N–H and O–H groups in total. The fourth-order valence-electron chi connectivity index (χ4n) is 0.829. The van der Waals surface area contributed by atoms with Crippen LogP contribution in [0.4, 0.5) is 0 Å². The number of hydrazine groups is 1. The first-order valence-corrected chi connectivity index (χ1v) is 4.32. The number of thiophene rings is 1. The number of nitrogens with one attached hydrogen (secondary N) is 1. The Balaban J connectivity index is 2.15. The van der Waals surface area contributed by atoms with E-state index in [2.05, 4.69) is 22.3 Å². The SMILES string of the molecule is NNCCCc1ccsc1. The van der Waals surface area contributed by atoms with Gasteiger partial charge >= 0.3 is 0 Å². The van der Waals surface area contributed by atoms with Gasteiger partial charge in [0.15, 0.2) is 0 Å². The van der Waals surface area contributed by atoms with Gasteiger partial charge in [-0.25, -0.2) is 0 Å². The van der Waals surface area contributed by atoms with Crippen LogP contribution >= 0.6 is 11.3 Å². The van der Waals surface area contributed by atoms with Crippen molar-refractivity contribution < 1.29 is 0 Å². The smallest absolute Gasteiger partial charge is 0.0101 e. The fourth-order valence-corrected chi connectivity index (χ4v) is 1.53. The highest BCUT2D eigenvalue weighted by Crippen LogP contribution is 2.07. The van der Waals surface area contributed by atoms with Crippen LogP contribution in [0, 0.1) is 0 Å². The summed E-state index contributed by atoms with van der Waals surface area (Å²) in [7, 11) is 0. The van der Waals surface area contributed by atoms with Crippen molar-refractivity contribution in [3.05, 3.63) is 22.4 Å². The Morgan fingerprint density at radius 1 is 1.60 bits per heavy atom. The van der Waals surface area contributed by atoms with Gasteiger partial charge in [0.2, 0.25) is 0 Å². The molecule has 1 aromatic rings. The molecule has 0 saturated carbocycles. The first-order chi connectivity index (χ1) is 4.93. The highest BCUT2D eigenvalue weighted by atomic mass is 32.1. The minimum atomic E-state index is 0.899. The van der Waals surface area contributed by atoms with Gasteiger partial charge in [-0.15, -0.1) is 0 Å². The summed E-state index contributed by atoms with van der Waals surface area (Å²) in [6.45, 7) is 0.899. The molecule has 10 heavy (non-hydrogen) atoms. The van der Waals surface area contributed by atoms with Gasteiger partial charge in [-0.3, -0.25) is 11.3 Å². The molecule has 1 heterocycles. The van der Waals surface area contributed by atoms with E-state index in [-0.39, 0.29) is 0 Å². The summed E-state index contributed by atoms with van der Waals surface area (Å²) in [5.41, 5.74) is 4.05. The van der Waals surface area contributed by atoms with Crippen LogP contribution in [0.15, 0.2) is 16.8 Å². The van der Waals surface area contributed by atoms with Crippen LogP contribution in [-0.2, 0) is 6.42 Å². The fraction of sp³-hybridized carbons (Fsp3) is 0.429. The summed E-state index contributed by atoms with van der Waals surface area (Å²) in [5, 5.41) is 4.28. The Hall–Kier alpha value is -0.380. The molecule has 0 spiro atoms. The van der Waals surface area contributed by atoms with Gasteiger partial charge in [0.1, 0.15) is 0 Å². The van der Waals surface area contributed by atoms with E-state index in [1.165, 1.54) is 5.56 Å². The third-order valence-corrected chi connectivity index (χ3v) is 2.10. The second-order valence-corrected chi connectivity index (χ2v) is 2.97. The van der Waals surface area contributed by atoms with Crippen molar-refractivity contribution in [2.45, 2.75) is 12.8 Å². The number of rotatable bonds is 4. The predicted molar refractivity (Wildman–Crippen MR) is 44.8 cm³/mol. The highest BCUT2D eigenvalue weighted by molar-refractivity contribution is 7.07. The zero-order valence-corrected chi connectivity index (χ0v) is 6.66. The summed E-state index contributed by atoms with van der Waals surface area (Å²) in [5.74, 6) is 5.12. The van der Waals surface area contributed by atoms with Crippen LogP contribution in [-0.4, -0.2) is 6.54 Å². The molecule has 3 heteroatoms. The summed E-state index contributed by atoms with van der Waals surface area (Å²) in [4.78, 5) is 0. The zero-order chi connectivity index (χ0) is 7.23. The van der Waals surface area contributed by atoms with E-state index in [1.54, 1.807) is 11.3 Å². The van der Waals surface area contributed by atoms with Crippen molar-refractivity contribution in [1.82, 2.24) is 5.43 Å². The molecular weight excluding hydrogens is 144 g/mol. The standard InChI is InChI=1S/C7H12N2S/c8-9-4-1-2-7-3-5-10-6-7/h3,5-6,9H,1-2,4,8H2. The van der Waals surface area contributed by atoms with E-state index in [0.29, 0.717) is 0 Å². The van der Waals surface area contributed by atoms with Crippen LogP contribution < -0.4 is 11.3 Å². The molecule has 0 aromatic carbocycles. The predicted octanol–water partition coefficient (Wildman–Crippen LogP) is 1.14. The molecule has 0 bridgehead atoms. The molecule has 56 valence electrons. The Morgan fingerprint density at radius 2 is 2.50 bits per heavy atom. The van der Waals surface area contributed by atoms with Crippen LogP contribution in [0.25, 0.3) is 0 Å². The lowest BCUT2D eigenvalue weighted by molar-refractivity contribution is 0.680. The van der Waals surface area contributed by atoms with Gasteiger partial charge in [0.25, 0.3) is 0 Å². The van der Waals surface area contributed by atoms with Crippen molar-refractivity contribution in [2.24, 2.45) is 5.84 Å². The molecule has 0 radical (unpaired) electrons. The second kappa shape index (κ2) is 4.44. The van der Waals surface area contributed by atoms with Crippen LogP contribution in [0.3, 0.4) is 0 Å². The summed E-state index contributed by atoms with van der Waals surface area (Å²) in [6.07, 6.45) is 2.25. The first-order valence-electron chi connectivity index (χ1n) is 3.38. The van der Waals surface area contributed by atoms with Gasteiger partial charge in [0, 0.05) is 6.54 Å². The third-order valence-electron chi connectivity index (χ3n) is 1.37. The molecule has 0 aliphatic rings. The molecule has 0 aliphatic carbocycles. The van der Waals surface area contributed by atoms with E-state index in [1.807, 2.05) is 0 Å². The maximum absolute atomic E-state index is 5.12.